The fourth-order valence-corrected chi connectivity index (χ4v) is 2.20. The number of aromatic nitrogens is 1. The van der Waals surface area contributed by atoms with Gasteiger partial charge in [-0.15, -0.1) is 0 Å². The van der Waals surface area contributed by atoms with Gasteiger partial charge in [0.05, 0.1) is 15.6 Å². The Hall–Kier alpha value is -1.19. The first-order chi connectivity index (χ1) is 9.02. The third kappa shape index (κ3) is 3.04. The highest BCUT2D eigenvalue weighted by Gasteiger charge is 2.18. The van der Waals surface area contributed by atoms with Gasteiger partial charge in [0.2, 0.25) is 0 Å². The monoisotopic (exact) mass is 298 g/mol. The summed E-state index contributed by atoms with van der Waals surface area (Å²) < 4.78 is 5.34. The summed E-state index contributed by atoms with van der Waals surface area (Å²) >= 11 is 12.0. The highest BCUT2D eigenvalue weighted by Crippen LogP contribution is 2.35. The minimum atomic E-state index is 0.386. The SMILES string of the molecule is CCC(C)Cc1onc(N)c1-c1ccc(Cl)c(Cl)c1. The lowest BCUT2D eigenvalue weighted by molar-refractivity contribution is 0.364. The van der Waals surface area contributed by atoms with Crippen LogP contribution < -0.4 is 5.73 Å². The molecule has 1 unspecified atom stereocenters. The summed E-state index contributed by atoms with van der Waals surface area (Å²) in [5.41, 5.74) is 7.60. The van der Waals surface area contributed by atoms with Crippen LogP contribution in [-0.4, -0.2) is 5.16 Å². The van der Waals surface area contributed by atoms with Crippen LogP contribution in [0.4, 0.5) is 5.82 Å². The van der Waals surface area contributed by atoms with E-state index in [4.69, 9.17) is 33.5 Å². The van der Waals surface area contributed by atoms with E-state index in [1.54, 1.807) is 12.1 Å². The first-order valence-corrected chi connectivity index (χ1v) is 6.98. The van der Waals surface area contributed by atoms with E-state index in [1.165, 1.54) is 0 Å². The summed E-state index contributed by atoms with van der Waals surface area (Å²) in [5, 5.41) is 4.87. The first kappa shape index (κ1) is 14.2. The summed E-state index contributed by atoms with van der Waals surface area (Å²) in [6.45, 7) is 4.31. The molecular weight excluding hydrogens is 283 g/mol. The number of hydrogen-bond donors (Lipinski definition) is 1. The Morgan fingerprint density at radius 2 is 2.05 bits per heavy atom. The number of nitrogens with two attached hydrogens (primary N) is 1. The summed E-state index contributed by atoms with van der Waals surface area (Å²) in [6.07, 6.45) is 1.87. The largest absolute Gasteiger partial charge is 0.380 e. The van der Waals surface area contributed by atoms with E-state index < -0.39 is 0 Å². The van der Waals surface area contributed by atoms with Gasteiger partial charge < -0.3 is 10.3 Å². The first-order valence-electron chi connectivity index (χ1n) is 6.22. The Bertz CT molecular complexity index is 581. The van der Waals surface area contributed by atoms with Gasteiger partial charge in [0.1, 0.15) is 5.76 Å². The topological polar surface area (TPSA) is 52.0 Å². The van der Waals surface area contributed by atoms with Crippen LogP contribution in [0.15, 0.2) is 22.7 Å². The Labute approximate surface area is 122 Å². The molecule has 1 aromatic carbocycles. The fraction of sp³-hybridized carbons (Fsp3) is 0.357. The molecule has 1 atom stereocenters. The molecule has 0 radical (unpaired) electrons. The number of benzene rings is 1. The van der Waals surface area contributed by atoms with Crippen LogP contribution in [0.1, 0.15) is 26.0 Å². The molecule has 0 aliphatic carbocycles. The molecule has 3 nitrogen and oxygen atoms in total. The second kappa shape index (κ2) is 5.85. The van der Waals surface area contributed by atoms with Crippen molar-refractivity contribution in [3.05, 3.63) is 34.0 Å². The van der Waals surface area contributed by atoms with Crippen molar-refractivity contribution in [1.82, 2.24) is 5.16 Å². The van der Waals surface area contributed by atoms with E-state index in [9.17, 15) is 0 Å². The average molecular weight is 299 g/mol. The number of rotatable bonds is 4. The molecule has 0 aliphatic heterocycles. The highest BCUT2D eigenvalue weighted by atomic mass is 35.5. The van der Waals surface area contributed by atoms with Gasteiger partial charge in [-0.05, 0) is 23.6 Å². The van der Waals surface area contributed by atoms with Gasteiger partial charge in [0, 0.05) is 6.42 Å². The molecule has 0 amide bonds. The van der Waals surface area contributed by atoms with E-state index in [0.29, 0.717) is 21.8 Å². The molecule has 0 saturated carbocycles. The van der Waals surface area contributed by atoms with Crippen molar-refractivity contribution in [2.45, 2.75) is 26.7 Å². The van der Waals surface area contributed by atoms with E-state index in [1.807, 2.05) is 6.07 Å². The zero-order valence-electron chi connectivity index (χ0n) is 10.9. The summed E-state index contributed by atoms with van der Waals surface area (Å²) in [7, 11) is 0. The van der Waals surface area contributed by atoms with Crippen molar-refractivity contribution in [2.24, 2.45) is 5.92 Å². The average Bonchev–Trinajstić information content (AvgIpc) is 2.74. The van der Waals surface area contributed by atoms with Gasteiger partial charge in [0.25, 0.3) is 0 Å². The molecule has 19 heavy (non-hydrogen) atoms. The number of nitrogens with zero attached hydrogens (tertiary/aromatic N) is 1. The van der Waals surface area contributed by atoms with Crippen molar-refractivity contribution < 1.29 is 4.52 Å². The third-order valence-corrected chi connectivity index (χ3v) is 3.97. The molecule has 1 aromatic heterocycles. The quantitative estimate of drug-likeness (QED) is 0.880. The smallest absolute Gasteiger partial charge is 0.175 e. The lowest BCUT2D eigenvalue weighted by atomic mass is 9.98. The predicted molar refractivity (Wildman–Crippen MR) is 79.5 cm³/mol. The number of hydrogen-bond acceptors (Lipinski definition) is 3. The van der Waals surface area contributed by atoms with E-state index in [0.717, 1.165) is 29.7 Å². The van der Waals surface area contributed by atoms with Crippen LogP contribution >= 0.6 is 23.2 Å². The van der Waals surface area contributed by atoms with Crippen molar-refractivity contribution >= 4 is 29.0 Å². The maximum absolute atomic E-state index is 6.04. The normalized spacial score (nSPS) is 12.6. The molecule has 1 heterocycles. The minimum absolute atomic E-state index is 0.386. The molecule has 2 rings (SSSR count). The molecule has 0 aliphatic rings. The van der Waals surface area contributed by atoms with Crippen LogP contribution in [0.5, 0.6) is 0 Å². The Morgan fingerprint density at radius 3 is 2.68 bits per heavy atom. The molecule has 0 spiro atoms. The fourth-order valence-electron chi connectivity index (χ4n) is 1.90. The van der Waals surface area contributed by atoms with Crippen LogP contribution in [0.2, 0.25) is 10.0 Å². The predicted octanol–water partition coefficient (Wildman–Crippen LogP) is 4.82. The lowest BCUT2D eigenvalue weighted by Gasteiger charge is -2.08. The number of anilines is 1. The Balaban J connectivity index is 2.43. The second-order valence-electron chi connectivity index (χ2n) is 4.71. The zero-order chi connectivity index (χ0) is 14.0. The number of nitrogen functional groups attached to an aromatic ring is 1. The molecule has 2 aromatic rings. The van der Waals surface area contributed by atoms with Crippen LogP contribution in [0.25, 0.3) is 11.1 Å². The van der Waals surface area contributed by atoms with E-state index in [2.05, 4.69) is 19.0 Å². The van der Waals surface area contributed by atoms with Crippen molar-refractivity contribution in [1.29, 1.82) is 0 Å². The van der Waals surface area contributed by atoms with Gasteiger partial charge in [-0.1, -0.05) is 54.7 Å². The third-order valence-electron chi connectivity index (χ3n) is 3.23. The van der Waals surface area contributed by atoms with Gasteiger partial charge >= 0.3 is 0 Å². The summed E-state index contributed by atoms with van der Waals surface area (Å²) in [6, 6.07) is 5.41. The summed E-state index contributed by atoms with van der Waals surface area (Å²) in [5.74, 6) is 1.69. The Kier molecular flexibility index (Phi) is 4.38. The van der Waals surface area contributed by atoms with Gasteiger partial charge in [0.15, 0.2) is 5.82 Å². The maximum Gasteiger partial charge on any atom is 0.175 e. The molecule has 0 bridgehead atoms. The second-order valence-corrected chi connectivity index (χ2v) is 5.53. The molecule has 0 fully saturated rings. The van der Waals surface area contributed by atoms with Gasteiger partial charge in [-0.25, -0.2) is 0 Å². The standard InChI is InChI=1S/C14H16Cl2N2O/c1-3-8(2)6-12-13(14(17)18-19-12)9-4-5-10(15)11(16)7-9/h4-5,7-8H,3,6H2,1-2H3,(H2,17,18). The molecule has 5 heteroatoms. The maximum atomic E-state index is 6.04. The molecule has 0 saturated heterocycles. The van der Waals surface area contributed by atoms with Crippen molar-refractivity contribution in [3.8, 4) is 11.1 Å². The zero-order valence-corrected chi connectivity index (χ0v) is 12.4. The molecule has 2 N–H and O–H groups in total. The molecule has 102 valence electrons. The van der Waals surface area contributed by atoms with Crippen LogP contribution in [0, 0.1) is 5.92 Å². The van der Waals surface area contributed by atoms with E-state index in [-0.39, 0.29) is 0 Å². The van der Waals surface area contributed by atoms with Crippen molar-refractivity contribution in [3.63, 3.8) is 0 Å². The number of halogens is 2. The van der Waals surface area contributed by atoms with Crippen molar-refractivity contribution in [2.75, 3.05) is 5.73 Å². The van der Waals surface area contributed by atoms with E-state index >= 15 is 0 Å². The molecular formula is C14H16Cl2N2O. The minimum Gasteiger partial charge on any atom is -0.380 e. The van der Waals surface area contributed by atoms with Gasteiger partial charge in [-0.2, -0.15) is 0 Å². The lowest BCUT2D eigenvalue weighted by Crippen LogP contribution is -1.98. The Morgan fingerprint density at radius 1 is 1.32 bits per heavy atom. The van der Waals surface area contributed by atoms with Gasteiger partial charge in [-0.3, -0.25) is 0 Å². The van der Waals surface area contributed by atoms with Crippen LogP contribution in [0.3, 0.4) is 0 Å². The highest BCUT2D eigenvalue weighted by molar-refractivity contribution is 6.42. The summed E-state index contributed by atoms with van der Waals surface area (Å²) in [4.78, 5) is 0. The van der Waals surface area contributed by atoms with Crippen LogP contribution in [-0.2, 0) is 6.42 Å².